The summed E-state index contributed by atoms with van der Waals surface area (Å²) in [7, 11) is 0. The summed E-state index contributed by atoms with van der Waals surface area (Å²) < 4.78 is 0. The van der Waals surface area contributed by atoms with E-state index in [1.807, 2.05) is 0 Å². The average Bonchev–Trinajstić information content (AvgIpc) is 2.45. The van der Waals surface area contributed by atoms with Gasteiger partial charge in [-0.25, -0.2) is 0 Å². The van der Waals surface area contributed by atoms with Crippen molar-refractivity contribution in [1.82, 2.24) is 0 Å². The molecule has 3 unspecified atom stereocenters. The molecule has 2 N–H and O–H groups in total. The molecule has 0 radical (unpaired) electrons. The molecule has 1 aliphatic rings. The van der Waals surface area contributed by atoms with Gasteiger partial charge in [0.15, 0.2) is 0 Å². The number of benzene rings is 1. The van der Waals surface area contributed by atoms with Gasteiger partial charge in [0.05, 0.1) is 0 Å². The second-order valence-corrected chi connectivity index (χ2v) is 8.51. The maximum absolute atomic E-state index is 6.38. The van der Waals surface area contributed by atoms with Crippen LogP contribution in [0.25, 0.3) is 0 Å². The second-order valence-electron chi connectivity index (χ2n) is 7.17. The van der Waals surface area contributed by atoms with E-state index in [1.54, 1.807) is 0 Å². The molecule has 1 nitrogen and oxygen atoms in total. The lowest BCUT2D eigenvalue weighted by Crippen LogP contribution is -2.19. The Kier molecular flexibility index (Phi) is 6.63. The first-order valence-corrected chi connectivity index (χ1v) is 9.55. The van der Waals surface area contributed by atoms with Crippen LogP contribution in [-0.4, -0.2) is 11.0 Å². The Hall–Kier alpha value is -0.470. The lowest BCUT2D eigenvalue weighted by atomic mass is 9.91. The maximum Gasteiger partial charge on any atom is 0.0386 e. The molecule has 0 amide bonds. The first-order chi connectivity index (χ1) is 10.0. The van der Waals surface area contributed by atoms with Gasteiger partial charge in [-0.3, -0.25) is 0 Å². The van der Waals surface area contributed by atoms with E-state index in [1.165, 1.54) is 36.8 Å². The summed E-state index contributed by atoms with van der Waals surface area (Å²) in [6, 6.07) is 9.14. The largest absolute Gasteiger partial charge is 0.323 e. The zero-order chi connectivity index (χ0) is 15.2. The Balaban J connectivity index is 1.81. The van der Waals surface area contributed by atoms with E-state index in [9.17, 15) is 0 Å². The van der Waals surface area contributed by atoms with E-state index >= 15 is 0 Å². The van der Waals surface area contributed by atoms with Gasteiger partial charge in [-0.2, -0.15) is 11.8 Å². The number of thioether (sulfide) groups is 1. The van der Waals surface area contributed by atoms with Crippen molar-refractivity contribution < 1.29 is 0 Å². The van der Waals surface area contributed by atoms with Crippen LogP contribution in [0.1, 0.15) is 63.6 Å². The zero-order valence-corrected chi connectivity index (χ0v) is 14.7. The van der Waals surface area contributed by atoms with Gasteiger partial charge in [0.2, 0.25) is 0 Å². The van der Waals surface area contributed by atoms with E-state index in [0.717, 1.165) is 23.3 Å². The minimum atomic E-state index is 0.181. The molecule has 1 aromatic carbocycles. The van der Waals surface area contributed by atoms with Gasteiger partial charge >= 0.3 is 0 Å². The molecule has 1 aromatic rings. The highest BCUT2D eigenvalue weighted by atomic mass is 32.2. The minimum Gasteiger partial charge on any atom is -0.323 e. The van der Waals surface area contributed by atoms with Crippen molar-refractivity contribution in [3.05, 3.63) is 35.4 Å². The summed E-state index contributed by atoms with van der Waals surface area (Å²) >= 11 is 2.09. The molecule has 0 spiro atoms. The SMILES string of the molecule is CC(C)Cc1ccc(C(N)CSC2CCCC(C)C2)cc1. The van der Waals surface area contributed by atoms with Crippen molar-refractivity contribution >= 4 is 11.8 Å². The predicted octanol–water partition coefficient (Wildman–Crippen LogP) is 5.20. The lowest BCUT2D eigenvalue weighted by molar-refractivity contribution is 0.394. The molecule has 118 valence electrons. The fraction of sp³-hybridized carbons (Fsp3) is 0.684. The Labute approximate surface area is 135 Å². The highest BCUT2D eigenvalue weighted by Gasteiger charge is 2.20. The standard InChI is InChI=1S/C19H31NS/c1-14(2)11-16-7-9-17(10-8-16)19(20)13-21-18-6-4-5-15(3)12-18/h7-10,14-15,18-19H,4-6,11-13,20H2,1-3H3. The van der Waals surface area contributed by atoms with E-state index in [-0.39, 0.29) is 6.04 Å². The molecule has 1 aliphatic carbocycles. The molecular weight excluding hydrogens is 274 g/mol. The smallest absolute Gasteiger partial charge is 0.0386 e. The molecule has 0 bridgehead atoms. The van der Waals surface area contributed by atoms with Gasteiger partial charge in [-0.1, -0.05) is 57.9 Å². The molecule has 0 aliphatic heterocycles. The molecule has 3 atom stereocenters. The number of hydrogen-bond donors (Lipinski definition) is 1. The molecule has 1 saturated carbocycles. The van der Waals surface area contributed by atoms with Crippen molar-refractivity contribution in [1.29, 1.82) is 0 Å². The second kappa shape index (κ2) is 8.24. The van der Waals surface area contributed by atoms with Gasteiger partial charge < -0.3 is 5.73 Å². The normalized spacial score (nSPS) is 24.2. The fourth-order valence-electron chi connectivity index (χ4n) is 3.24. The summed E-state index contributed by atoms with van der Waals surface area (Å²) in [6.45, 7) is 6.92. The fourth-order valence-corrected chi connectivity index (χ4v) is 4.71. The summed E-state index contributed by atoms with van der Waals surface area (Å²) in [6.07, 6.45) is 6.74. The van der Waals surface area contributed by atoms with Crippen molar-refractivity contribution in [3.8, 4) is 0 Å². The number of hydrogen-bond acceptors (Lipinski definition) is 2. The van der Waals surface area contributed by atoms with E-state index < -0.39 is 0 Å². The molecule has 2 rings (SSSR count). The Morgan fingerprint density at radius 2 is 1.90 bits per heavy atom. The highest BCUT2D eigenvalue weighted by Crippen LogP contribution is 2.33. The van der Waals surface area contributed by atoms with Crippen molar-refractivity contribution in [2.45, 2.75) is 64.2 Å². The Morgan fingerprint density at radius 3 is 2.52 bits per heavy atom. The van der Waals surface area contributed by atoms with Gasteiger partial charge in [0.1, 0.15) is 0 Å². The van der Waals surface area contributed by atoms with Crippen molar-refractivity contribution in [3.63, 3.8) is 0 Å². The molecular formula is C19H31NS. The summed E-state index contributed by atoms with van der Waals surface area (Å²) in [5, 5.41) is 0.833. The molecule has 1 fully saturated rings. The highest BCUT2D eigenvalue weighted by molar-refractivity contribution is 7.99. The van der Waals surface area contributed by atoms with E-state index in [4.69, 9.17) is 5.73 Å². The van der Waals surface area contributed by atoms with Crippen LogP contribution in [0.2, 0.25) is 0 Å². The summed E-state index contributed by atoms with van der Waals surface area (Å²) in [4.78, 5) is 0. The van der Waals surface area contributed by atoms with Crippen molar-refractivity contribution in [2.75, 3.05) is 5.75 Å². The Morgan fingerprint density at radius 1 is 1.19 bits per heavy atom. The summed E-state index contributed by atoms with van der Waals surface area (Å²) in [5.74, 6) is 2.68. The third-order valence-corrected chi connectivity index (χ3v) is 5.90. The monoisotopic (exact) mass is 305 g/mol. The average molecular weight is 306 g/mol. The van der Waals surface area contributed by atoms with Crippen LogP contribution < -0.4 is 5.73 Å². The minimum absolute atomic E-state index is 0.181. The van der Waals surface area contributed by atoms with Crippen LogP contribution in [0.5, 0.6) is 0 Å². The van der Waals surface area contributed by atoms with Gasteiger partial charge in [0.25, 0.3) is 0 Å². The molecule has 21 heavy (non-hydrogen) atoms. The maximum atomic E-state index is 6.38. The van der Waals surface area contributed by atoms with Crippen LogP contribution in [0.4, 0.5) is 0 Å². The van der Waals surface area contributed by atoms with Gasteiger partial charge in [0, 0.05) is 17.0 Å². The van der Waals surface area contributed by atoms with E-state index in [0.29, 0.717) is 5.92 Å². The molecule has 2 heteroatoms. The number of nitrogens with two attached hydrogens (primary N) is 1. The van der Waals surface area contributed by atoms with Gasteiger partial charge in [-0.15, -0.1) is 0 Å². The zero-order valence-electron chi connectivity index (χ0n) is 13.8. The van der Waals surface area contributed by atoms with Gasteiger partial charge in [-0.05, 0) is 42.2 Å². The Bertz CT molecular complexity index is 412. The quantitative estimate of drug-likeness (QED) is 0.782. The van der Waals surface area contributed by atoms with Crippen LogP contribution in [0.15, 0.2) is 24.3 Å². The summed E-state index contributed by atoms with van der Waals surface area (Å²) in [5.41, 5.74) is 9.09. The topological polar surface area (TPSA) is 26.0 Å². The van der Waals surface area contributed by atoms with Crippen LogP contribution in [-0.2, 0) is 6.42 Å². The lowest BCUT2D eigenvalue weighted by Gasteiger charge is -2.27. The van der Waals surface area contributed by atoms with Crippen LogP contribution in [0.3, 0.4) is 0 Å². The molecule has 0 saturated heterocycles. The van der Waals surface area contributed by atoms with E-state index in [2.05, 4.69) is 56.8 Å². The van der Waals surface area contributed by atoms with Crippen LogP contribution >= 0.6 is 11.8 Å². The van der Waals surface area contributed by atoms with Crippen molar-refractivity contribution in [2.24, 2.45) is 17.6 Å². The number of rotatable bonds is 6. The first-order valence-electron chi connectivity index (χ1n) is 8.50. The molecule has 0 aromatic heterocycles. The van der Waals surface area contributed by atoms with Crippen LogP contribution in [0, 0.1) is 11.8 Å². The molecule has 0 heterocycles. The predicted molar refractivity (Wildman–Crippen MR) is 95.8 cm³/mol. The first kappa shape index (κ1) is 16.9. The third-order valence-electron chi connectivity index (χ3n) is 4.45. The third kappa shape index (κ3) is 5.67.